The van der Waals surface area contributed by atoms with Crippen LogP contribution in [0.4, 0.5) is 9.59 Å². The summed E-state index contributed by atoms with van der Waals surface area (Å²) in [6.07, 6.45) is 2.05. The van der Waals surface area contributed by atoms with Gasteiger partial charge in [0.1, 0.15) is 37.9 Å². The standard InChI is InChI=1S/C32H40N2O10/c1-3-29(35)41-23-27(21-39-25-15-9-7-10-16-25)43-31(37)33-19-13-5-6-14-20-34-32(38)44-28(24-42-30(36)4-2)22-40-26-17-11-8-12-18-26/h3-4,7-12,15-18,27-28H,1-2,5-6,13-14,19-24H2,(H,33,37)(H,34,38). The maximum absolute atomic E-state index is 12.3. The Kier molecular flexibility index (Phi) is 17.3. The monoisotopic (exact) mass is 612 g/mol. The second kappa shape index (κ2) is 21.7. The highest BCUT2D eigenvalue weighted by Crippen LogP contribution is 2.11. The van der Waals surface area contributed by atoms with Crippen LogP contribution in [0.25, 0.3) is 0 Å². The van der Waals surface area contributed by atoms with Crippen molar-refractivity contribution >= 4 is 24.1 Å². The Labute approximate surface area is 257 Å². The van der Waals surface area contributed by atoms with Crippen LogP contribution in [0.1, 0.15) is 25.7 Å². The van der Waals surface area contributed by atoms with Crippen molar-refractivity contribution in [2.45, 2.75) is 37.9 Å². The molecular weight excluding hydrogens is 572 g/mol. The van der Waals surface area contributed by atoms with Gasteiger partial charge in [0.25, 0.3) is 0 Å². The molecule has 2 unspecified atom stereocenters. The fraction of sp³-hybridized carbons (Fsp3) is 0.375. The lowest BCUT2D eigenvalue weighted by molar-refractivity contribution is -0.142. The van der Waals surface area contributed by atoms with Crippen molar-refractivity contribution in [3.8, 4) is 11.5 Å². The Morgan fingerprint density at radius 3 is 1.34 bits per heavy atom. The lowest BCUT2D eigenvalue weighted by atomic mass is 10.2. The third-order valence-corrected chi connectivity index (χ3v) is 5.70. The quantitative estimate of drug-likeness (QED) is 0.0902. The number of amides is 2. The maximum Gasteiger partial charge on any atom is 0.407 e. The average molecular weight is 613 g/mol. The summed E-state index contributed by atoms with van der Waals surface area (Å²) in [5.74, 6) is -0.0878. The van der Waals surface area contributed by atoms with E-state index in [4.69, 9.17) is 28.4 Å². The lowest BCUT2D eigenvalue weighted by Crippen LogP contribution is -2.36. The minimum absolute atomic E-state index is 0.00192. The van der Waals surface area contributed by atoms with Gasteiger partial charge in [0.2, 0.25) is 0 Å². The van der Waals surface area contributed by atoms with E-state index in [0.717, 1.165) is 25.0 Å². The van der Waals surface area contributed by atoms with Gasteiger partial charge in [-0.1, -0.05) is 62.4 Å². The molecule has 0 aliphatic heterocycles. The van der Waals surface area contributed by atoms with E-state index < -0.39 is 36.3 Å². The smallest absolute Gasteiger partial charge is 0.407 e. The molecule has 12 nitrogen and oxygen atoms in total. The Morgan fingerprint density at radius 2 is 0.977 bits per heavy atom. The molecular formula is C32H40N2O10. The molecule has 2 atom stereocenters. The van der Waals surface area contributed by atoms with Gasteiger partial charge < -0.3 is 39.1 Å². The summed E-state index contributed by atoms with van der Waals surface area (Å²) in [6.45, 7) is 7.08. The molecule has 2 rings (SSSR count). The van der Waals surface area contributed by atoms with E-state index in [9.17, 15) is 19.2 Å². The highest BCUT2D eigenvalue weighted by atomic mass is 16.6. The van der Waals surface area contributed by atoms with E-state index in [1.54, 1.807) is 24.3 Å². The number of unbranched alkanes of at least 4 members (excludes halogenated alkanes) is 3. The van der Waals surface area contributed by atoms with E-state index in [2.05, 4.69) is 23.8 Å². The molecule has 0 aromatic heterocycles. The predicted molar refractivity (Wildman–Crippen MR) is 161 cm³/mol. The van der Waals surface area contributed by atoms with Gasteiger partial charge in [-0.25, -0.2) is 19.2 Å². The second-order valence-electron chi connectivity index (χ2n) is 9.24. The molecule has 0 saturated heterocycles. The number of alkyl carbamates (subject to hydrolysis) is 2. The molecule has 44 heavy (non-hydrogen) atoms. The molecule has 238 valence electrons. The molecule has 2 aromatic carbocycles. The Balaban J connectivity index is 1.61. The molecule has 0 radical (unpaired) electrons. The second-order valence-corrected chi connectivity index (χ2v) is 9.24. The number of hydrogen-bond acceptors (Lipinski definition) is 10. The van der Waals surface area contributed by atoms with Crippen molar-refractivity contribution in [2.24, 2.45) is 0 Å². The summed E-state index contributed by atoms with van der Waals surface area (Å²) in [6, 6.07) is 18.0. The van der Waals surface area contributed by atoms with Gasteiger partial charge in [-0.3, -0.25) is 0 Å². The zero-order chi connectivity index (χ0) is 31.8. The SMILES string of the molecule is C=CC(=O)OCC(COc1ccccc1)OC(=O)NCCCCCCNC(=O)OC(COC(=O)C=C)COc1ccccc1. The van der Waals surface area contributed by atoms with Gasteiger partial charge in [0.05, 0.1) is 0 Å². The molecule has 2 N–H and O–H groups in total. The van der Waals surface area contributed by atoms with Crippen molar-refractivity contribution in [2.75, 3.05) is 39.5 Å². The number of benzene rings is 2. The van der Waals surface area contributed by atoms with Gasteiger partial charge >= 0.3 is 24.1 Å². The summed E-state index contributed by atoms with van der Waals surface area (Å²) in [7, 11) is 0. The highest BCUT2D eigenvalue weighted by Gasteiger charge is 2.19. The number of hydrogen-bond donors (Lipinski definition) is 2. The zero-order valence-electron chi connectivity index (χ0n) is 24.7. The number of nitrogens with one attached hydrogen (secondary N) is 2. The molecule has 0 spiro atoms. The van der Waals surface area contributed by atoms with Crippen molar-refractivity contribution in [1.29, 1.82) is 0 Å². The van der Waals surface area contributed by atoms with Crippen LogP contribution in [0.2, 0.25) is 0 Å². The molecule has 0 saturated carbocycles. The molecule has 12 heteroatoms. The van der Waals surface area contributed by atoms with Crippen LogP contribution in [0.3, 0.4) is 0 Å². The van der Waals surface area contributed by atoms with Gasteiger partial charge in [-0.05, 0) is 37.1 Å². The molecule has 0 heterocycles. The summed E-state index contributed by atoms with van der Waals surface area (Å²) < 4.78 is 32.0. The van der Waals surface area contributed by atoms with Crippen LogP contribution in [0.5, 0.6) is 11.5 Å². The van der Waals surface area contributed by atoms with E-state index in [-0.39, 0.29) is 26.4 Å². The van der Waals surface area contributed by atoms with Gasteiger partial charge in [0.15, 0.2) is 12.2 Å². The highest BCUT2D eigenvalue weighted by molar-refractivity contribution is 5.81. The molecule has 0 aliphatic carbocycles. The predicted octanol–water partition coefficient (Wildman–Crippen LogP) is 4.35. The minimum Gasteiger partial charge on any atom is -0.490 e. The minimum atomic E-state index is -0.816. The number of esters is 2. The van der Waals surface area contributed by atoms with Crippen molar-refractivity contribution in [3.63, 3.8) is 0 Å². The van der Waals surface area contributed by atoms with Crippen molar-refractivity contribution in [3.05, 3.63) is 86.0 Å². The average Bonchev–Trinajstić information content (AvgIpc) is 3.05. The fourth-order valence-corrected chi connectivity index (χ4v) is 3.48. The van der Waals surface area contributed by atoms with Crippen LogP contribution >= 0.6 is 0 Å². The molecule has 0 fully saturated rings. The van der Waals surface area contributed by atoms with Gasteiger partial charge in [-0.15, -0.1) is 0 Å². The van der Waals surface area contributed by atoms with Gasteiger partial charge in [-0.2, -0.15) is 0 Å². The van der Waals surface area contributed by atoms with Crippen LogP contribution < -0.4 is 20.1 Å². The first kappa shape index (κ1) is 35.2. The summed E-state index contributed by atoms with van der Waals surface area (Å²) in [4.78, 5) is 47.4. The van der Waals surface area contributed by atoms with Crippen molar-refractivity contribution in [1.82, 2.24) is 10.6 Å². The molecule has 2 amide bonds. The lowest BCUT2D eigenvalue weighted by Gasteiger charge is -2.19. The van der Waals surface area contributed by atoms with Crippen LogP contribution in [0.15, 0.2) is 86.0 Å². The van der Waals surface area contributed by atoms with Crippen molar-refractivity contribution < 1.29 is 47.6 Å². The Bertz CT molecular complexity index is 1070. The zero-order valence-corrected chi connectivity index (χ0v) is 24.7. The first-order chi connectivity index (χ1) is 21.4. The van der Waals surface area contributed by atoms with Crippen LogP contribution in [-0.2, 0) is 28.5 Å². The third kappa shape index (κ3) is 16.4. The summed E-state index contributed by atoms with van der Waals surface area (Å²) in [5.41, 5.74) is 0. The third-order valence-electron chi connectivity index (χ3n) is 5.70. The number of rotatable bonds is 21. The fourth-order valence-electron chi connectivity index (χ4n) is 3.48. The maximum atomic E-state index is 12.3. The van der Waals surface area contributed by atoms with E-state index in [1.165, 1.54) is 0 Å². The number of carbonyl (C=O) groups excluding carboxylic acids is 4. The molecule has 0 bridgehead atoms. The van der Waals surface area contributed by atoms with E-state index in [0.29, 0.717) is 37.4 Å². The first-order valence-corrected chi connectivity index (χ1v) is 14.2. The topological polar surface area (TPSA) is 148 Å². The van der Waals surface area contributed by atoms with E-state index in [1.807, 2.05) is 36.4 Å². The van der Waals surface area contributed by atoms with Gasteiger partial charge in [0, 0.05) is 25.2 Å². The van der Waals surface area contributed by atoms with E-state index >= 15 is 0 Å². The Hall–Kier alpha value is -5.00. The number of carbonyl (C=O) groups is 4. The summed E-state index contributed by atoms with van der Waals surface area (Å²) >= 11 is 0. The normalized spacial score (nSPS) is 11.5. The Morgan fingerprint density at radius 1 is 0.591 bits per heavy atom. The summed E-state index contributed by atoms with van der Waals surface area (Å²) in [5, 5.41) is 5.34. The van der Waals surface area contributed by atoms with Crippen LogP contribution in [-0.4, -0.2) is 75.9 Å². The largest absolute Gasteiger partial charge is 0.490 e. The first-order valence-electron chi connectivity index (χ1n) is 14.2. The molecule has 0 aliphatic rings. The van der Waals surface area contributed by atoms with Crippen LogP contribution in [0, 0.1) is 0 Å². The molecule has 2 aromatic rings. The number of ether oxygens (including phenoxy) is 6. The number of para-hydroxylation sites is 2.